The maximum atomic E-state index is 10.0. The van der Waals surface area contributed by atoms with Crippen molar-refractivity contribution in [3.8, 4) is 0 Å². The standard InChI is InChI=1S/C14H14OTe/c15-14(12-7-3-1-4-8-12)11-16-13-9-5-2-6-10-13/h1-10,14-15H,11H2/t14-/m1/s1. The molecule has 0 aliphatic rings. The molecule has 0 bridgehead atoms. The predicted octanol–water partition coefficient (Wildman–Crippen LogP) is 2.17. The van der Waals surface area contributed by atoms with Gasteiger partial charge in [-0.3, -0.25) is 0 Å². The Balaban J connectivity index is 1.92. The Morgan fingerprint density at radius 1 is 0.875 bits per heavy atom. The van der Waals surface area contributed by atoms with Crippen LogP contribution in [0.15, 0.2) is 60.7 Å². The van der Waals surface area contributed by atoms with Crippen molar-refractivity contribution in [3.05, 3.63) is 66.2 Å². The van der Waals surface area contributed by atoms with Crippen molar-refractivity contribution in [2.24, 2.45) is 0 Å². The van der Waals surface area contributed by atoms with Gasteiger partial charge in [-0.1, -0.05) is 0 Å². The zero-order valence-corrected chi connectivity index (χ0v) is 11.2. The first-order chi connectivity index (χ1) is 7.86. The molecule has 2 rings (SSSR count). The van der Waals surface area contributed by atoms with Crippen molar-refractivity contribution < 1.29 is 5.11 Å². The average Bonchev–Trinajstić information content (AvgIpc) is 2.38. The summed E-state index contributed by atoms with van der Waals surface area (Å²) in [6.07, 6.45) is -0.302. The first-order valence-corrected chi connectivity index (χ1v) is 8.08. The van der Waals surface area contributed by atoms with Crippen LogP contribution in [0.5, 0.6) is 0 Å². The van der Waals surface area contributed by atoms with Crippen LogP contribution in [-0.4, -0.2) is 26.0 Å². The van der Waals surface area contributed by atoms with Gasteiger partial charge >= 0.3 is 106 Å². The van der Waals surface area contributed by atoms with E-state index in [4.69, 9.17) is 0 Å². The van der Waals surface area contributed by atoms with E-state index in [1.54, 1.807) is 0 Å². The molecule has 0 spiro atoms. The molecule has 82 valence electrons. The van der Waals surface area contributed by atoms with E-state index in [2.05, 4.69) is 24.3 Å². The monoisotopic (exact) mass is 328 g/mol. The van der Waals surface area contributed by atoms with Crippen molar-refractivity contribution in [1.82, 2.24) is 0 Å². The van der Waals surface area contributed by atoms with Crippen LogP contribution >= 0.6 is 0 Å². The van der Waals surface area contributed by atoms with Crippen molar-refractivity contribution in [3.63, 3.8) is 0 Å². The van der Waals surface area contributed by atoms with Crippen LogP contribution in [0.1, 0.15) is 11.7 Å². The SMILES string of the molecule is O[C@H](C[Te]c1ccccc1)c1ccccc1. The van der Waals surface area contributed by atoms with Crippen LogP contribution < -0.4 is 3.61 Å². The predicted molar refractivity (Wildman–Crippen MR) is 68.0 cm³/mol. The van der Waals surface area contributed by atoms with E-state index in [0.29, 0.717) is 0 Å². The van der Waals surface area contributed by atoms with Crippen LogP contribution in [-0.2, 0) is 0 Å². The fourth-order valence-corrected chi connectivity index (χ4v) is 4.01. The fraction of sp³-hybridized carbons (Fsp3) is 0.143. The van der Waals surface area contributed by atoms with Crippen LogP contribution in [0.25, 0.3) is 0 Å². The van der Waals surface area contributed by atoms with E-state index < -0.39 is 0 Å². The summed E-state index contributed by atoms with van der Waals surface area (Å²) in [6.45, 7) is 0. The minimum atomic E-state index is -0.302. The molecule has 1 nitrogen and oxygen atoms in total. The van der Waals surface area contributed by atoms with E-state index in [0.717, 1.165) is 10.0 Å². The average molecular weight is 326 g/mol. The van der Waals surface area contributed by atoms with Crippen LogP contribution in [0.4, 0.5) is 0 Å². The zero-order chi connectivity index (χ0) is 11.2. The normalized spacial score (nSPS) is 12.3. The minimum absolute atomic E-state index is 0.272. The van der Waals surface area contributed by atoms with Gasteiger partial charge in [0.2, 0.25) is 0 Å². The van der Waals surface area contributed by atoms with Gasteiger partial charge in [-0.2, -0.15) is 0 Å². The van der Waals surface area contributed by atoms with Crippen molar-refractivity contribution >= 4 is 24.5 Å². The molecule has 0 radical (unpaired) electrons. The molecule has 0 saturated carbocycles. The topological polar surface area (TPSA) is 20.2 Å². The van der Waals surface area contributed by atoms with Crippen LogP contribution in [0.3, 0.4) is 0 Å². The number of benzene rings is 2. The summed E-state index contributed by atoms with van der Waals surface area (Å²) in [4.78, 5) is 0. The number of aliphatic hydroxyl groups is 1. The Morgan fingerprint density at radius 3 is 2.06 bits per heavy atom. The van der Waals surface area contributed by atoms with Crippen LogP contribution in [0.2, 0.25) is 4.47 Å². The summed E-state index contributed by atoms with van der Waals surface area (Å²) in [5.41, 5.74) is 1.03. The molecule has 0 aromatic heterocycles. The molecule has 2 aromatic rings. The molecule has 2 aromatic carbocycles. The van der Waals surface area contributed by atoms with E-state index in [9.17, 15) is 5.11 Å². The van der Waals surface area contributed by atoms with Crippen molar-refractivity contribution in [1.29, 1.82) is 0 Å². The molecular weight excluding hydrogens is 312 g/mol. The molecule has 1 atom stereocenters. The number of hydrogen-bond donors (Lipinski definition) is 1. The molecule has 2 heteroatoms. The Morgan fingerprint density at radius 2 is 1.44 bits per heavy atom. The Kier molecular flexibility index (Phi) is 4.42. The summed E-state index contributed by atoms with van der Waals surface area (Å²) < 4.78 is 2.31. The van der Waals surface area contributed by atoms with E-state index >= 15 is 0 Å². The fourth-order valence-electron chi connectivity index (χ4n) is 1.46. The molecule has 1 N–H and O–H groups in total. The number of hydrogen-bond acceptors (Lipinski definition) is 1. The first-order valence-electron chi connectivity index (χ1n) is 5.27. The maximum absolute atomic E-state index is 10.0. The second kappa shape index (κ2) is 6.06. The number of aliphatic hydroxyl groups excluding tert-OH is 1. The number of rotatable bonds is 4. The Labute approximate surface area is 106 Å². The molecular formula is C14H14OTe. The van der Waals surface area contributed by atoms with Gasteiger partial charge in [-0.15, -0.1) is 0 Å². The van der Waals surface area contributed by atoms with Gasteiger partial charge in [0.15, 0.2) is 0 Å². The molecule has 0 aliphatic heterocycles. The third-order valence-corrected chi connectivity index (χ3v) is 5.44. The third kappa shape index (κ3) is 3.35. The van der Waals surface area contributed by atoms with Gasteiger partial charge in [0, 0.05) is 0 Å². The summed E-state index contributed by atoms with van der Waals surface area (Å²) in [7, 11) is 0. The van der Waals surface area contributed by atoms with E-state index in [1.165, 1.54) is 3.61 Å². The van der Waals surface area contributed by atoms with Crippen molar-refractivity contribution in [2.45, 2.75) is 10.6 Å². The summed E-state index contributed by atoms with van der Waals surface area (Å²) >= 11 is -0.272. The molecule has 0 amide bonds. The second-order valence-electron chi connectivity index (χ2n) is 3.55. The molecule has 0 heterocycles. The van der Waals surface area contributed by atoms with Gasteiger partial charge in [-0.25, -0.2) is 0 Å². The summed E-state index contributed by atoms with van der Waals surface area (Å²) in [6, 6.07) is 20.4. The first kappa shape index (κ1) is 11.7. The molecule has 16 heavy (non-hydrogen) atoms. The quantitative estimate of drug-likeness (QED) is 0.854. The third-order valence-electron chi connectivity index (χ3n) is 2.34. The zero-order valence-electron chi connectivity index (χ0n) is 8.91. The molecule has 0 fully saturated rings. The van der Waals surface area contributed by atoms with Gasteiger partial charge in [0.25, 0.3) is 0 Å². The van der Waals surface area contributed by atoms with Gasteiger partial charge in [0.05, 0.1) is 0 Å². The Hall–Kier alpha value is -0.810. The second-order valence-corrected chi connectivity index (χ2v) is 6.67. The van der Waals surface area contributed by atoms with Crippen LogP contribution in [0, 0.1) is 0 Å². The summed E-state index contributed by atoms with van der Waals surface area (Å²) in [5.74, 6) is 0. The Bertz CT molecular complexity index is 413. The summed E-state index contributed by atoms with van der Waals surface area (Å²) in [5, 5.41) is 10.0. The van der Waals surface area contributed by atoms with Gasteiger partial charge < -0.3 is 0 Å². The van der Waals surface area contributed by atoms with Gasteiger partial charge in [0.1, 0.15) is 0 Å². The van der Waals surface area contributed by atoms with Crippen molar-refractivity contribution in [2.75, 3.05) is 0 Å². The molecule has 0 saturated heterocycles. The molecule has 0 aliphatic carbocycles. The molecule has 0 unspecified atom stereocenters. The van der Waals surface area contributed by atoms with E-state index in [-0.39, 0.29) is 27.0 Å². The van der Waals surface area contributed by atoms with Gasteiger partial charge in [-0.05, 0) is 0 Å². The van der Waals surface area contributed by atoms with E-state index in [1.807, 2.05) is 36.4 Å².